The van der Waals surface area contributed by atoms with Gasteiger partial charge in [-0.15, -0.1) is 0 Å². The molecule has 1 aromatic rings. The third kappa shape index (κ3) is 2.79. The first kappa shape index (κ1) is 11.1. The maximum absolute atomic E-state index is 11.0. The molecule has 1 aromatic heterocycles. The van der Waals surface area contributed by atoms with Crippen molar-refractivity contribution < 1.29 is 4.79 Å². The van der Waals surface area contributed by atoms with Crippen LogP contribution in [-0.2, 0) is 4.79 Å². The van der Waals surface area contributed by atoms with Gasteiger partial charge in [0.05, 0.1) is 0 Å². The number of hydrogen-bond acceptors (Lipinski definition) is 3. The Hall–Kier alpha value is -1.42. The standard InChI is InChI=1S/C12H17N3O/c1-9(10-3-2-6-13-7-10)14-8-11-4-5-12(16)15-11/h2-3,6-7,9,11,14H,4-5,8H2,1H3,(H,15,16). The average molecular weight is 219 g/mol. The van der Waals surface area contributed by atoms with E-state index in [1.165, 1.54) is 5.56 Å². The molecule has 1 aliphatic rings. The molecule has 1 fully saturated rings. The van der Waals surface area contributed by atoms with Crippen LogP contribution in [-0.4, -0.2) is 23.5 Å². The second-order valence-corrected chi connectivity index (χ2v) is 4.22. The molecule has 0 bridgehead atoms. The molecule has 4 nitrogen and oxygen atoms in total. The zero-order valence-electron chi connectivity index (χ0n) is 9.44. The van der Waals surface area contributed by atoms with Gasteiger partial charge in [-0.1, -0.05) is 6.07 Å². The highest BCUT2D eigenvalue weighted by Gasteiger charge is 2.20. The largest absolute Gasteiger partial charge is 0.352 e. The molecule has 2 unspecified atom stereocenters. The zero-order valence-corrected chi connectivity index (χ0v) is 9.44. The van der Waals surface area contributed by atoms with Crippen molar-refractivity contribution in [3.8, 4) is 0 Å². The van der Waals surface area contributed by atoms with Crippen molar-refractivity contribution in [2.75, 3.05) is 6.54 Å². The number of rotatable bonds is 4. The molecule has 0 aromatic carbocycles. The summed E-state index contributed by atoms with van der Waals surface area (Å²) < 4.78 is 0. The van der Waals surface area contributed by atoms with Crippen LogP contribution < -0.4 is 10.6 Å². The molecule has 4 heteroatoms. The molecule has 1 aliphatic heterocycles. The lowest BCUT2D eigenvalue weighted by Crippen LogP contribution is -2.36. The van der Waals surface area contributed by atoms with Crippen molar-refractivity contribution in [3.63, 3.8) is 0 Å². The molecular weight excluding hydrogens is 202 g/mol. The van der Waals surface area contributed by atoms with E-state index >= 15 is 0 Å². The van der Waals surface area contributed by atoms with Gasteiger partial charge in [-0.3, -0.25) is 9.78 Å². The summed E-state index contributed by atoms with van der Waals surface area (Å²) in [5, 5.41) is 6.35. The van der Waals surface area contributed by atoms with Gasteiger partial charge >= 0.3 is 0 Å². The van der Waals surface area contributed by atoms with Crippen molar-refractivity contribution in [2.24, 2.45) is 0 Å². The minimum absolute atomic E-state index is 0.167. The molecule has 0 aliphatic carbocycles. The number of aromatic nitrogens is 1. The van der Waals surface area contributed by atoms with E-state index in [0.717, 1.165) is 13.0 Å². The summed E-state index contributed by atoms with van der Waals surface area (Å²) in [6.45, 7) is 2.93. The van der Waals surface area contributed by atoms with Crippen LogP contribution in [0.15, 0.2) is 24.5 Å². The van der Waals surface area contributed by atoms with Crippen LogP contribution in [0.2, 0.25) is 0 Å². The first-order valence-electron chi connectivity index (χ1n) is 5.68. The number of pyridine rings is 1. The molecule has 16 heavy (non-hydrogen) atoms. The molecule has 1 amide bonds. The SMILES string of the molecule is CC(NCC1CCC(=O)N1)c1cccnc1. The van der Waals surface area contributed by atoms with Gasteiger partial charge < -0.3 is 10.6 Å². The lowest BCUT2D eigenvalue weighted by molar-refractivity contribution is -0.119. The Morgan fingerprint density at radius 3 is 3.19 bits per heavy atom. The van der Waals surface area contributed by atoms with Gasteiger partial charge in [-0.05, 0) is 25.0 Å². The Morgan fingerprint density at radius 2 is 2.56 bits per heavy atom. The van der Waals surface area contributed by atoms with Crippen molar-refractivity contribution in [1.82, 2.24) is 15.6 Å². The van der Waals surface area contributed by atoms with E-state index in [9.17, 15) is 4.79 Å². The maximum atomic E-state index is 11.0. The van der Waals surface area contributed by atoms with Gasteiger partial charge in [0.25, 0.3) is 0 Å². The Balaban J connectivity index is 1.80. The van der Waals surface area contributed by atoms with E-state index in [1.54, 1.807) is 6.20 Å². The summed E-state index contributed by atoms with van der Waals surface area (Å²) in [6.07, 6.45) is 5.23. The molecule has 0 spiro atoms. The number of nitrogens with one attached hydrogen (secondary N) is 2. The highest BCUT2D eigenvalue weighted by Crippen LogP contribution is 2.11. The van der Waals surface area contributed by atoms with Crippen molar-refractivity contribution >= 4 is 5.91 Å². The predicted molar refractivity (Wildman–Crippen MR) is 61.8 cm³/mol. The third-order valence-electron chi connectivity index (χ3n) is 2.94. The van der Waals surface area contributed by atoms with Gasteiger partial charge in [0.15, 0.2) is 0 Å². The molecule has 86 valence electrons. The van der Waals surface area contributed by atoms with E-state index in [2.05, 4.69) is 28.6 Å². The molecule has 1 saturated heterocycles. The molecule has 2 N–H and O–H groups in total. The highest BCUT2D eigenvalue weighted by atomic mass is 16.1. The Morgan fingerprint density at radius 1 is 1.69 bits per heavy atom. The number of carbonyl (C=O) groups excluding carboxylic acids is 1. The van der Waals surface area contributed by atoms with Crippen LogP contribution in [0.1, 0.15) is 31.4 Å². The van der Waals surface area contributed by atoms with Crippen LogP contribution in [0.3, 0.4) is 0 Å². The molecule has 0 saturated carbocycles. The fourth-order valence-corrected chi connectivity index (χ4v) is 1.90. The van der Waals surface area contributed by atoms with Gasteiger partial charge in [0.1, 0.15) is 0 Å². The number of carbonyl (C=O) groups is 1. The normalized spacial score (nSPS) is 21.8. The second-order valence-electron chi connectivity index (χ2n) is 4.22. The lowest BCUT2D eigenvalue weighted by atomic mass is 10.1. The van der Waals surface area contributed by atoms with E-state index in [-0.39, 0.29) is 18.0 Å². The quantitative estimate of drug-likeness (QED) is 0.794. The molecule has 2 heterocycles. The van der Waals surface area contributed by atoms with Gasteiger partial charge in [-0.25, -0.2) is 0 Å². The smallest absolute Gasteiger partial charge is 0.220 e. The van der Waals surface area contributed by atoms with Crippen LogP contribution in [0.4, 0.5) is 0 Å². The van der Waals surface area contributed by atoms with E-state index < -0.39 is 0 Å². The monoisotopic (exact) mass is 219 g/mol. The lowest BCUT2D eigenvalue weighted by Gasteiger charge is -2.17. The summed E-state index contributed by atoms with van der Waals surface area (Å²) in [6, 6.07) is 4.54. The summed E-state index contributed by atoms with van der Waals surface area (Å²) in [5.74, 6) is 0.167. The molecular formula is C12H17N3O. The van der Waals surface area contributed by atoms with Gasteiger partial charge in [-0.2, -0.15) is 0 Å². The Labute approximate surface area is 95.5 Å². The third-order valence-corrected chi connectivity index (χ3v) is 2.94. The first-order chi connectivity index (χ1) is 7.75. The number of nitrogens with zero attached hydrogens (tertiary/aromatic N) is 1. The van der Waals surface area contributed by atoms with Crippen LogP contribution in [0, 0.1) is 0 Å². The average Bonchev–Trinajstić information content (AvgIpc) is 2.73. The van der Waals surface area contributed by atoms with Crippen LogP contribution in [0.25, 0.3) is 0 Å². The van der Waals surface area contributed by atoms with E-state index in [0.29, 0.717) is 6.42 Å². The fraction of sp³-hybridized carbons (Fsp3) is 0.500. The van der Waals surface area contributed by atoms with E-state index in [4.69, 9.17) is 0 Å². The Bertz CT molecular complexity index is 353. The summed E-state index contributed by atoms with van der Waals surface area (Å²) in [4.78, 5) is 15.1. The molecule has 2 rings (SSSR count). The second kappa shape index (κ2) is 5.07. The van der Waals surface area contributed by atoms with E-state index in [1.807, 2.05) is 12.3 Å². The minimum atomic E-state index is 0.167. The highest BCUT2D eigenvalue weighted by molar-refractivity contribution is 5.78. The Kier molecular flexibility index (Phi) is 3.51. The van der Waals surface area contributed by atoms with Gasteiger partial charge in [0.2, 0.25) is 5.91 Å². The van der Waals surface area contributed by atoms with Crippen LogP contribution >= 0.6 is 0 Å². The zero-order chi connectivity index (χ0) is 11.4. The summed E-state index contributed by atoms with van der Waals surface area (Å²) >= 11 is 0. The van der Waals surface area contributed by atoms with Gasteiger partial charge in [0, 0.05) is 37.4 Å². The summed E-state index contributed by atoms with van der Waals surface area (Å²) in [5.41, 5.74) is 1.17. The summed E-state index contributed by atoms with van der Waals surface area (Å²) in [7, 11) is 0. The predicted octanol–water partition coefficient (Wildman–Crippen LogP) is 1.01. The topological polar surface area (TPSA) is 54.0 Å². The number of hydrogen-bond donors (Lipinski definition) is 2. The molecule has 2 atom stereocenters. The fourth-order valence-electron chi connectivity index (χ4n) is 1.90. The van der Waals surface area contributed by atoms with Crippen LogP contribution in [0.5, 0.6) is 0 Å². The minimum Gasteiger partial charge on any atom is -0.352 e. The first-order valence-corrected chi connectivity index (χ1v) is 5.68. The molecule has 0 radical (unpaired) electrons. The van der Waals surface area contributed by atoms with Crippen molar-refractivity contribution in [3.05, 3.63) is 30.1 Å². The maximum Gasteiger partial charge on any atom is 0.220 e. The number of amides is 1. The van der Waals surface area contributed by atoms with Crippen molar-refractivity contribution in [2.45, 2.75) is 31.8 Å². The van der Waals surface area contributed by atoms with Crippen molar-refractivity contribution in [1.29, 1.82) is 0 Å².